The van der Waals surface area contributed by atoms with Gasteiger partial charge in [-0.15, -0.1) is 0 Å². The summed E-state index contributed by atoms with van der Waals surface area (Å²) < 4.78 is 6.25. The number of nitrogens with one attached hydrogen (secondary N) is 1. The summed E-state index contributed by atoms with van der Waals surface area (Å²) >= 11 is 3.42. The maximum atomic E-state index is 12.1. The van der Waals surface area contributed by atoms with Crippen LogP contribution in [0.2, 0.25) is 0 Å². The van der Waals surface area contributed by atoms with Crippen LogP contribution in [-0.2, 0) is 9.59 Å². The van der Waals surface area contributed by atoms with Crippen molar-refractivity contribution in [1.29, 1.82) is 0 Å². The molecule has 6 heteroatoms. The topological polar surface area (TPSA) is 58.6 Å². The largest absolute Gasteiger partial charge is 0.426 e. The van der Waals surface area contributed by atoms with Crippen molar-refractivity contribution in [3.63, 3.8) is 0 Å². The summed E-state index contributed by atoms with van der Waals surface area (Å²) in [4.78, 5) is 23.4. The first kappa shape index (κ1) is 17.2. The van der Waals surface area contributed by atoms with Crippen molar-refractivity contribution < 1.29 is 14.3 Å². The summed E-state index contributed by atoms with van der Waals surface area (Å²) in [6.07, 6.45) is 1.95. The smallest absolute Gasteiger partial charge is 0.308 e. The maximum Gasteiger partial charge on any atom is 0.308 e. The van der Waals surface area contributed by atoms with Crippen LogP contribution in [0.3, 0.4) is 0 Å². The second kappa shape index (κ2) is 7.11. The number of rotatable bonds is 3. The van der Waals surface area contributed by atoms with Gasteiger partial charge in [-0.2, -0.15) is 0 Å². The Kier molecular flexibility index (Phi) is 4.90. The molecule has 0 saturated carbocycles. The Morgan fingerprint density at radius 1 is 1.08 bits per heavy atom. The molecule has 0 spiro atoms. The van der Waals surface area contributed by atoms with E-state index in [1.807, 2.05) is 42.5 Å². The molecule has 0 aromatic heterocycles. The molecule has 2 aromatic rings. The molecule has 1 atom stereocenters. The highest BCUT2D eigenvalue weighted by Crippen LogP contribution is 2.35. The van der Waals surface area contributed by atoms with E-state index in [2.05, 4.69) is 21.4 Å². The van der Waals surface area contributed by atoms with Crippen LogP contribution in [-0.4, -0.2) is 16.9 Å². The van der Waals surface area contributed by atoms with Crippen LogP contribution >= 0.6 is 15.9 Å². The highest BCUT2D eigenvalue weighted by molar-refractivity contribution is 9.10. The molecule has 0 fully saturated rings. The van der Waals surface area contributed by atoms with Crippen molar-refractivity contribution in [2.45, 2.75) is 19.9 Å². The van der Waals surface area contributed by atoms with Gasteiger partial charge >= 0.3 is 5.97 Å². The Labute approximate surface area is 154 Å². The number of esters is 1. The van der Waals surface area contributed by atoms with Crippen molar-refractivity contribution >= 4 is 33.5 Å². The fourth-order valence-electron chi connectivity index (χ4n) is 2.73. The number of halogens is 1. The molecule has 128 valence electrons. The molecule has 1 aliphatic rings. The molecule has 0 aliphatic carbocycles. The SMILES string of the molecule is CC(=O)Oc1ccccc1C1=C[C@@H](c2ccc(Br)cc2)N(C(C)=O)N1. The minimum atomic E-state index is -0.390. The monoisotopic (exact) mass is 400 g/mol. The van der Waals surface area contributed by atoms with Crippen LogP contribution in [0.25, 0.3) is 5.70 Å². The van der Waals surface area contributed by atoms with E-state index in [1.165, 1.54) is 13.8 Å². The lowest BCUT2D eigenvalue weighted by atomic mass is 10.0. The number of para-hydroxylation sites is 1. The molecule has 3 rings (SSSR count). The van der Waals surface area contributed by atoms with Gasteiger partial charge in [0, 0.05) is 23.9 Å². The van der Waals surface area contributed by atoms with Crippen LogP contribution in [0.5, 0.6) is 5.75 Å². The van der Waals surface area contributed by atoms with Crippen LogP contribution < -0.4 is 10.2 Å². The van der Waals surface area contributed by atoms with Crippen molar-refractivity contribution in [3.05, 3.63) is 70.2 Å². The van der Waals surface area contributed by atoms with Crippen molar-refractivity contribution in [2.75, 3.05) is 0 Å². The Balaban J connectivity index is 2.00. The van der Waals surface area contributed by atoms with Gasteiger partial charge in [0.2, 0.25) is 5.91 Å². The van der Waals surface area contributed by atoms with E-state index >= 15 is 0 Å². The normalized spacial score (nSPS) is 16.2. The predicted molar refractivity (Wildman–Crippen MR) is 98.3 cm³/mol. The fourth-order valence-corrected chi connectivity index (χ4v) is 3.00. The highest BCUT2D eigenvalue weighted by atomic mass is 79.9. The lowest BCUT2D eigenvalue weighted by Gasteiger charge is -2.24. The summed E-state index contributed by atoms with van der Waals surface area (Å²) in [5.41, 5.74) is 5.55. The second-order valence-electron chi connectivity index (χ2n) is 5.67. The third-order valence-corrected chi connectivity index (χ3v) is 4.35. The van der Waals surface area contributed by atoms with Crippen molar-refractivity contribution in [3.8, 4) is 5.75 Å². The molecule has 0 radical (unpaired) electrons. The first-order valence-electron chi connectivity index (χ1n) is 7.77. The summed E-state index contributed by atoms with van der Waals surface area (Å²) in [5.74, 6) is -0.0447. The Hall–Kier alpha value is -2.60. The zero-order valence-electron chi connectivity index (χ0n) is 13.8. The van der Waals surface area contributed by atoms with Gasteiger partial charge in [-0.3, -0.25) is 15.0 Å². The molecular weight excluding hydrogens is 384 g/mol. The van der Waals surface area contributed by atoms with Gasteiger partial charge in [-0.1, -0.05) is 40.2 Å². The summed E-state index contributed by atoms with van der Waals surface area (Å²) in [5, 5.41) is 1.56. The molecule has 5 nitrogen and oxygen atoms in total. The van der Waals surface area contributed by atoms with Gasteiger partial charge < -0.3 is 4.74 Å². The number of hydrogen-bond acceptors (Lipinski definition) is 4. The number of carbonyl (C=O) groups excluding carboxylic acids is 2. The predicted octanol–water partition coefficient (Wildman–Crippen LogP) is 3.82. The van der Waals surface area contributed by atoms with E-state index < -0.39 is 0 Å². The number of benzene rings is 2. The van der Waals surface area contributed by atoms with E-state index in [-0.39, 0.29) is 17.9 Å². The van der Waals surface area contributed by atoms with Gasteiger partial charge in [-0.25, -0.2) is 5.01 Å². The van der Waals surface area contributed by atoms with Crippen LogP contribution in [0.4, 0.5) is 0 Å². The van der Waals surface area contributed by atoms with Gasteiger partial charge in [0.1, 0.15) is 5.75 Å². The number of ether oxygens (including phenoxy) is 1. The molecule has 1 N–H and O–H groups in total. The Morgan fingerprint density at radius 3 is 2.40 bits per heavy atom. The van der Waals surface area contributed by atoms with Gasteiger partial charge in [0.05, 0.1) is 11.7 Å². The van der Waals surface area contributed by atoms with Gasteiger partial charge in [0.15, 0.2) is 0 Å². The minimum Gasteiger partial charge on any atom is -0.426 e. The quantitative estimate of drug-likeness (QED) is 0.628. The summed E-state index contributed by atoms with van der Waals surface area (Å²) in [7, 11) is 0. The first-order chi connectivity index (χ1) is 12.0. The lowest BCUT2D eigenvalue weighted by Crippen LogP contribution is -2.37. The molecule has 1 aliphatic heterocycles. The minimum absolute atomic E-state index is 0.107. The number of nitrogens with zero attached hydrogens (tertiary/aromatic N) is 1. The average Bonchev–Trinajstić information content (AvgIpc) is 3.01. The number of amides is 1. The molecule has 1 heterocycles. The summed E-state index contributed by atoms with van der Waals surface area (Å²) in [6.45, 7) is 2.87. The Bertz CT molecular complexity index is 846. The molecule has 2 aromatic carbocycles. The zero-order valence-corrected chi connectivity index (χ0v) is 15.4. The molecule has 1 amide bonds. The van der Waals surface area contributed by atoms with Crippen LogP contribution in [0, 0.1) is 0 Å². The highest BCUT2D eigenvalue weighted by Gasteiger charge is 2.29. The molecule has 0 unspecified atom stereocenters. The molecule has 25 heavy (non-hydrogen) atoms. The van der Waals surface area contributed by atoms with E-state index in [4.69, 9.17) is 4.74 Å². The van der Waals surface area contributed by atoms with E-state index in [0.717, 1.165) is 21.3 Å². The number of hydrogen-bond donors (Lipinski definition) is 1. The average molecular weight is 401 g/mol. The Morgan fingerprint density at radius 2 is 1.76 bits per heavy atom. The standard InChI is InChI=1S/C19H17BrN2O3/c1-12(23)22-18(14-7-9-15(20)10-8-14)11-17(21-22)16-5-3-4-6-19(16)25-13(2)24/h3-11,18,21H,1-2H3/t18-/m0/s1. The molecule has 0 saturated heterocycles. The maximum absolute atomic E-state index is 12.1. The van der Waals surface area contributed by atoms with E-state index in [9.17, 15) is 9.59 Å². The second-order valence-corrected chi connectivity index (χ2v) is 6.58. The van der Waals surface area contributed by atoms with E-state index in [0.29, 0.717) is 5.75 Å². The third kappa shape index (κ3) is 3.74. The van der Waals surface area contributed by atoms with Crippen molar-refractivity contribution in [2.24, 2.45) is 0 Å². The van der Waals surface area contributed by atoms with Gasteiger partial charge in [-0.05, 0) is 35.9 Å². The van der Waals surface area contributed by atoms with Crippen LogP contribution in [0.15, 0.2) is 59.1 Å². The van der Waals surface area contributed by atoms with Gasteiger partial charge in [0.25, 0.3) is 0 Å². The fraction of sp³-hybridized carbons (Fsp3) is 0.158. The van der Waals surface area contributed by atoms with E-state index in [1.54, 1.807) is 17.1 Å². The zero-order chi connectivity index (χ0) is 18.0. The third-order valence-electron chi connectivity index (χ3n) is 3.83. The van der Waals surface area contributed by atoms with Crippen molar-refractivity contribution in [1.82, 2.24) is 10.4 Å². The lowest BCUT2D eigenvalue weighted by molar-refractivity contribution is -0.133. The summed E-state index contributed by atoms with van der Waals surface area (Å²) in [6, 6.07) is 14.8. The number of carbonyl (C=O) groups is 2. The number of hydrazine groups is 1. The molecule has 0 bridgehead atoms. The van der Waals surface area contributed by atoms with Crippen LogP contribution in [0.1, 0.15) is 31.0 Å². The molecular formula is C19H17BrN2O3. The first-order valence-corrected chi connectivity index (χ1v) is 8.56.